The molecule has 2 heterocycles. The highest BCUT2D eigenvalue weighted by molar-refractivity contribution is 7.89. The van der Waals surface area contributed by atoms with Crippen LogP contribution >= 0.6 is 0 Å². The minimum atomic E-state index is -3.74. The summed E-state index contributed by atoms with van der Waals surface area (Å²) in [6.45, 7) is 0.109. The maximum Gasteiger partial charge on any atom is 0.255 e. The number of anilines is 2. The zero-order valence-corrected chi connectivity index (χ0v) is 20.5. The van der Waals surface area contributed by atoms with Crippen LogP contribution < -0.4 is 14.9 Å². The van der Waals surface area contributed by atoms with Gasteiger partial charge in [-0.25, -0.2) is 13.1 Å². The van der Waals surface area contributed by atoms with E-state index in [0.29, 0.717) is 29.8 Å². The van der Waals surface area contributed by atoms with Crippen LogP contribution in [0.15, 0.2) is 90.1 Å². The predicted octanol–water partition coefficient (Wildman–Crippen LogP) is 3.27. The highest BCUT2D eigenvalue weighted by Gasteiger charge is 2.47. The zero-order chi connectivity index (χ0) is 26.0. The molecule has 37 heavy (non-hydrogen) atoms. The second-order valence-electron chi connectivity index (χ2n) is 8.88. The van der Waals surface area contributed by atoms with Crippen molar-refractivity contribution < 1.29 is 22.8 Å². The van der Waals surface area contributed by atoms with E-state index in [-0.39, 0.29) is 35.1 Å². The summed E-state index contributed by atoms with van der Waals surface area (Å²) in [5.41, 5.74) is 1.92. The Morgan fingerprint density at radius 3 is 2.16 bits per heavy atom. The first-order valence-corrected chi connectivity index (χ1v) is 13.2. The van der Waals surface area contributed by atoms with Crippen LogP contribution in [-0.4, -0.2) is 31.1 Å². The first-order chi connectivity index (χ1) is 17.8. The molecule has 0 saturated carbocycles. The number of aromatic nitrogens is 1. The Labute approximate surface area is 214 Å². The lowest BCUT2D eigenvalue weighted by Crippen LogP contribution is -2.30. The van der Waals surface area contributed by atoms with E-state index in [1.807, 2.05) is 12.2 Å². The number of pyridine rings is 1. The summed E-state index contributed by atoms with van der Waals surface area (Å²) in [6, 6.07) is 15.6. The average molecular weight is 517 g/mol. The molecule has 1 fully saturated rings. The number of carbonyl (C=O) groups excluding carboxylic acids is 3. The van der Waals surface area contributed by atoms with Crippen molar-refractivity contribution in [3.63, 3.8) is 0 Å². The van der Waals surface area contributed by atoms with Crippen LogP contribution in [0.3, 0.4) is 0 Å². The SMILES string of the molecule is O=C(Nc1ccc(S(=O)(=O)NCc2cccnc2)cc1)c1ccc(N2C(=O)C3CC=CCC3C2=O)cc1. The number of carbonyl (C=O) groups is 3. The number of hydrogen-bond acceptors (Lipinski definition) is 6. The van der Waals surface area contributed by atoms with E-state index in [9.17, 15) is 22.8 Å². The van der Waals surface area contributed by atoms with Crippen molar-refractivity contribution in [2.45, 2.75) is 24.3 Å². The van der Waals surface area contributed by atoms with Crippen molar-refractivity contribution in [1.29, 1.82) is 0 Å². The molecule has 9 nitrogen and oxygen atoms in total. The molecule has 2 aromatic carbocycles. The van der Waals surface area contributed by atoms with Crippen molar-refractivity contribution >= 4 is 39.1 Å². The van der Waals surface area contributed by atoms with E-state index in [2.05, 4.69) is 15.0 Å². The van der Waals surface area contributed by atoms with Crippen LogP contribution in [0.1, 0.15) is 28.8 Å². The lowest BCUT2D eigenvalue weighted by molar-refractivity contribution is -0.122. The number of rotatable bonds is 7. The van der Waals surface area contributed by atoms with Crippen molar-refractivity contribution in [3.05, 3.63) is 96.3 Å². The number of allylic oxidation sites excluding steroid dienone is 2. The Balaban J connectivity index is 1.22. The molecule has 3 aromatic rings. The van der Waals surface area contributed by atoms with Gasteiger partial charge < -0.3 is 5.32 Å². The van der Waals surface area contributed by atoms with Crippen LogP contribution in [0.25, 0.3) is 0 Å². The van der Waals surface area contributed by atoms with E-state index < -0.39 is 15.9 Å². The maximum atomic E-state index is 12.8. The molecule has 188 valence electrons. The summed E-state index contributed by atoms with van der Waals surface area (Å²) in [6.07, 6.45) is 8.19. The lowest BCUT2D eigenvalue weighted by Gasteiger charge is -2.15. The molecule has 2 N–H and O–H groups in total. The first-order valence-electron chi connectivity index (χ1n) is 11.8. The molecule has 2 unspecified atom stereocenters. The third-order valence-electron chi connectivity index (χ3n) is 6.51. The van der Waals surface area contributed by atoms with Gasteiger partial charge in [-0.3, -0.25) is 24.3 Å². The van der Waals surface area contributed by atoms with Crippen LogP contribution in [0, 0.1) is 11.8 Å². The second kappa shape index (κ2) is 10.1. The van der Waals surface area contributed by atoms with Crippen LogP contribution in [0.4, 0.5) is 11.4 Å². The topological polar surface area (TPSA) is 126 Å². The van der Waals surface area contributed by atoms with Gasteiger partial charge in [-0.05, 0) is 73.0 Å². The van der Waals surface area contributed by atoms with Gasteiger partial charge in [-0.2, -0.15) is 0 Å². The molecule has 1 aromatic heterocycles. The lowest BCUT2D eigenvalue weighted by atomic mass is 9.85. The Hall–Kier alpha value is -4.15. The van der Waals surface area contributed by atoms with E-state index in [4.69, 9.17) is 0 Å². The van der Waals surface area contributed by atoms with Crippen molar-refractivity contribution in [3.8, 4) is 0 Å². The van der Waals surface area contributed by atoms with Gasteiger partial charge in [-0.1, -0.05) is 18.2 Å². The molecular formula is C27H24N4O5S. The summed E-state index contributed by atoms with van der Waals surface area (Å²) >= 11 is 0. The van der Waals surface area contributed by atoms with Crippen molar-refractivity contribution in [1.82, 2.24) is 9.71 Å². The van der Waals surface area contributed by atoms with Crippen LogP contribution in [0.2, 0.25) is 0 Å². The summed E-state index contributed by atoms with van der Waals surface area (Å²) in [7, 11) is -3.74. The number of nitrogens with one attached hydrogen (secondary N) is 2. The number of nitrogens with zero attached hydrogens (tertiary/aromatic N) is 2. The van der Waals surface area contributed by atoms with Crippen molar-refractivity contribution in [2.24, 2.45) is 11.8 Å². The summed E-state index contributed by atoms with van der Waals surface area (Å²) in [4.78, 5) is 43.5. The third-order valence-corrected chi connectivity index (χ3v) is 7.92. The first kappa shape index (κ1) is 24.5. The summed E-state index contributed by atoms with van der Waals surface area (Å²) in [5, 5.41) is 2.72. The van der Waals surface area contributed by atoms with Gasteiger partial charge in [0.25, 0.3) is 5.91 Å². The molecule has 0 spiro atoms. The highest BCUT2D eigenvalue weighted by Crippen LogP contribution is 2.37. The van der Waals surface area contributed by atoms with Crippen molar-refractivity contribution in [2.75, 3.05) is 10.2 Å². The molecule has 3 amide bonds. The molecule has 10 heteroatoms. The van der Waals surface area contributed by atoms with E-state index in [1.54, 1.807) is 48.8 Å². The van der Waals surface area contributed by atoms with Crippen LogP contribution in [-0.2, 0) is 26.2 Å². The molecule has 1 aliphatic carbocycles. The van der Waals surface area contributed by atoms with Gasteiger partial charge in [0.15, 0.2) is 0 Å². The predicted molar refractivity (Wildman–Crippen MR) is 137 cm³/mol. The van der Waals surface area contributed by atoms with Gasteiger partial charge in [0.1, 0.15) is 0 Å². The quantitative estimate of drug-likeness (QED) is 0.367. The van der Waals surface area contributed by atoms with Gasteiger partial charge in [-0.15, -0.1) is 0 Å². The van der Waals surface area contributed by atoms with Gasteiger partial charge >= 0.3 is 0 Å². The standard InChI is InChI=1S/C27H24N4O5S/c32-25(19-7-11-21(12-8-19)31-26(33)23-5-1-2-6-24(23)27(31)34)30-20-9-13-22(14-10-20)37(35,36)29-17-18-4-3-15-28-16-18/h1-4,7-16,23-24,29H,5-6,17H2,(H,30,32). The van der Waals surface area contributed by atoms with Gasteiger partial charge in [0.2, 0.25) is 21.8 Å². The smallest absolute Gasteiger partial charge is 0.255 e. The van der Waals surface area contributed by atoms with Gasteiger partial charge in [0.05, 0.1) is 22.4 Å². The number of amides is 3. The summed E-state index contributed by atoms with van der Waals surface area (Å²) in [5.74, 6) is -1.47. The van der Waals surface area contributed by atoms with E-state index in [1.165, 1.54) is 29.2 Å². The highest BCUT2D eigenvalue weighted by atomic mass is 32.2. The normalized spacial score (nSPS) is 19.1. The number of benzene rings is 2. The minimum absolute atomic E-state index is 0.0643. The van der Waals surface area contributed by atoms with E-state index in [0.717, 1.165) is 5.56 Å². The largest absolute Gasteiger partial charge is 0.322 e. The molecule has 0 bridgehead atoms. The average Bonchev–Trinajstić information content (AvgIpc) is 3.18. The fraction of sp³-hybridized carbons (Fsp3) is 0.185. The molecular weight excluding hydrogens is 492 g/mol. The second-order valence-corrected chi connectivity index (χ2v) is 10.6. The number of imide groups is 1. The minimum Gasteiger partial charge on any atom is -0.322 e. The van der Waals surface area contributed by atoms with Crippen LogP contribution in [0.5, 0.6) is 0 Å². The molecule has 1 aliphatic heterocycles. The third kappa shape index (κ3) is 5.07. The Morgan fingerprint density at radius 2 is 1.57 bits per heavy atom. The Kier molecular flexibility index (Phi) is 6.68. The number of fused-ring (bicyclic) bond motifs is 1. The maximum absolute atomic E-state index is 12.8. The summed E-state index contributed by atoms with van der Waals surface area (Å²) < 4.78 is 27.6. The van der Waals surface area contributed by atoms with E-state index >= 15 is 0 Å². The Morgan fingerprint density at radius 1 is 0.919 bits per heavy atom. The zero-order valence-electron chi connectivity index (χ0n) is 19.7. The molecule has 1 saturated heterocycles. The van der Waals surface area contributed by atoms with Gasteiger partial charge in [0, 0.05) is 30.2 Å². The fourth-order valence-electron chi connectivity index (χ4n) is 4.50. The Bertz CT molecular complexity index is 1440. The molecule has 5 rings (SSSR count). The monoisotopic (exact) mass is 516 g/mol. The number of sulfonamides is 1. The molecule has 2 atom stereocenters. The number of hydrogen-bond donors (Lipinski definition) is 2. The fourth-order valence-corrected chi connectivity index (χ4v) is 5.52. The molecule has 0 radical (unpaired) electrons. The molecule has 2 aliphatic rings.